The Hall–Kier alpha value is -2.61. The predicted molar refractivity (Wildman–Crippen MR) is 133 cm³/mol. The first kappa shape index (κ1) is 25.5. The Kier molecular flexibility index (Phi) is 7.40. The van der Waals surface area contributed by atoms with Crippen molar-refractivity contribution in [1.82, 2.24) is 10.2 Å². The summed E-state index contributed by atoms with van der Waals surface area (Å²) in [6.07, 6.45) is 3.28. The molecule has 4 rings (SSSR count). The summed E-state index contributed by atoms with van der Waals surface area (Å²) in [5.74, 6) is -0.684. The van der Waals surface area contributed by atoms with Crippen LogP contribution in [0.4, 0.5) is 10.5 Å². The number of ketones is 1. The van der Waals surface area contributed by atoms with Crippen molar-refractivity contribution in [2.24, 2.45) is 11.8 Å². The number of nitrogens with zero attached hydrogens (tertiary/aromatic N) is 2. The molecule has 8 nitrogen and oxygen atoms in total. The van der Waals surface area contributed by atoms with E-state index < -0.39 is 5.60 Å². The van der Waals surface area contributed by atoms with Gasteiger partial charge in [-0.25, -0.2) is 4.79 Å². The molecule has 1 N–H and O–H groups in total. The van der Waals surface area contributed by atoms with E-state index in [1.54, 1.807) is 4.90 Å². The molecule has 3 amide bonds. The van der Waals surface area contributed by atoms with E-state index in [9.17, 15) is 19.2 Å². The van der Waals surface area contributed by atoms with Crippen molar-refractivity contribution < 1.29 is 23.9 Å². The van der Waals surface area contributed by atoms with Crippen LogP contribution in [0.5, 0.6) is 0 Å². The Morgan fingerprint density at radius 1 is 1.03 bits per heavy atom. The Bertz CT molecular complexity index is 1030. The molecule has 190 valence electrons. The zero-order valence-electron chi connectivity index (χ0n) is 20.7. The molecule has 35 heavy (non-hydrogen) atoms. The fraction of sp³-hybridized carbons (Fsp3) is 0.615. The van der Waals surface area contributed by atoms with Crippen molar-refractivity contribution in [2.75, 3.05) is 31.1 Å². The van der Waals surface area contributed by atoms with Crippen LogP contribution in [0.25, 0.3) is 0 Å². The third kappa shape index (κ3) is 5.80. The number of carbonyl (C=O) groups excluding carboxylic acids is 4. The van der Waals surface area contributed by atoms with Gasteiger partial charge in [-0.1, -0.05) is 11.6 Å². The smallest absolute Gasteiger partial charge is 0.410 e. The molecule has 0 spiro atoms. The van der Waals surface area contributed by atoms with Gasteiger partial charge in [0.05, 0.1) is 10.7 Å². The largest absolute Gasteiger partial charge is 0.444 e. The molecule has 2 fully saturated rings. The van der Waals surface area contributed by atoms with Gasteiger partial charge in [0.1, 0.15) is 5.60 Å². The Labute approximate surface area is 211 Å². The number of rotatable bonds is 4. The maximum Gasteiger partial charge on any atom is 0.410 e. The number of Topliss-reactive ketones (excluding diaryl/α,β-unsaturated/α-hetero) is 1. The number of halogens is 1. The van der Waals surface area contributed by atoms with Crippen molar-refractivity contribution >= 4 is 41.0 Å². The molecule has 2 unspecified atom stereocenters. The van der Waals surface area contributed by atoms with Crippen molar-refractivity contribution in [3.8, 4) is 0 Å². The molecule has 2 aliphatic heterocycles. The Morgan fingerprint density at radius 3 is 2.34 bits per heavy atom. The predicted octanol–water partition coefficient (Wildman–Crippen LogP) is 3.98. The molecule has 2 heterocycles. The summed E-state index contributed by atoms with van der Waals surface area (Å²) in [6, 6.07) is 3.78. The Morgan fingerprint density at radius 2 is 1.69 bits per heavy atom. The summed E-state index contributed by atoms with van der Waals surface area (Å²) in [7, 11) is 0. The lowest BCUT2D eigenvalue weighted by Gasteiger charge is -2.37. The van der Waals surface area contributed by atoms with Gasteiger partial charge in [-0.05, 0) is 70.6 Å². The average Bonchev–Trinajstić information content (AvgIpc) is 2.79. The topological polar surface area (TPSA) is 96.0 Å². The number of fused-ring (bicyclic) bond motifs is 1. The molecule has 0 saturated carbocycles. The SMILES string of the molecule is CC(C)(C)OC(=O)N1CCN(c2ccc3c(c2Cl)CCC(CCC2CCC(=O)NC2=O)C3=O)CC1. The van der Waals surface area contributed by atoms with E-state index in [4.69, 9.17) is 16.3 Å². The minimum Gasteiger partial charge on any atom is -0.444 e. The van der Waals surface area contributed by atoms with E-state index in [1.165, 1.54) is 0 Å². The second kappa shape index (κ2) is 10.2. The first-order valence-electron chi connectivity index (χ1n) is 12.5. The van der Waals surface area contributed by atoms with Crippen molar-refractivity contribution in [1.29, 1.82) is 0 Å². The number of ether oxygens (including phenoxy) is 1. The average molecular weight is 504 g/mol. The standard InChI is InChI=1S/C26H34ClN3O5/c1-26(2,3)35-25(34)30-14-12-29(13-15-30)20-10-9-19-18(22(20)27)8-6-16(23(19)32)4-5-17-7-11-21(31)28-24(17)33/h9-10,16-17H,4-8,11-15H2,1-3H3,(H,28,31,33). The monoisotopic (exact) mass is 503 g/mol. The summed E-state index contributed by atoms with van der Waals surface area (Å²) in [5, 5.41) is 3.01. The van der Waals surface area contributed by atoms with E-state index in [0.717, 1.165) is 11.3 Å². The highest BCUT2D eigenvalue weighted by Gasteiger charge is 2.33. The lowest BCUT2D eigenvalue weighted by atomic mass is 9.78. The van der Waals surface area contributed by atoms with Crippen LogP contribution < -0.4 is 10.2 Å². The summed E-state index contributed by atoms with van der Waals surface area (Å²) in [5.41, 5.74) is 1.93. The van der Waals surface area contributed by atoms with Gasteiger partial charge in [-0.15, -0.1) is 0 Å². The van der Waals surface area contributed by atoms with Crippen LogP contribution in [0.2, 0.25) is 5.02 Å². The van der Waals surface area contributed by atoms with E-state index in [-0.39, 0.29) is 35.5 Å². The first-order valence-corrected chi connectivity index (χ1v) is 12.8. The third-order valence-corrected chi connectivity index (χ3v) is 7.51. The van der Waals surface area contributed by atoms with Crippen LogP contribution in [0, 0.1) is 11.8 Å². The van der Waals surface area contributed by atoms with Gasteiger partial charge >= 0.3 is 6.09 Å². The number of imide groups is 1. The van der Waals surface area contributed by atoms with E-state index in [0.29, 0.717) is 75.3 Å². The number of amides is 3. The second-order valence-corrected chi connectivity index (χ2v) is 11.1. The molecule has 1 aromatic rings. The fourth-order valence-corrected chi connectivity index (χ4v) is 5.52. The maximum absolute atomic E-state index is 13.2. The summed E-state index contributed by atoms with van der Waals surface area (Å²) in [6.45, 7) is 7.94. The van der Waals surface area contributed by atoms with Crippen LogP contribution in [-0.2, 0) is 20.7 Å². The van der Waals surface area contributed by atoms with Crippen molar-refractivity contribution in [3.05, 3.63) is 28.3 Å². The minimum atomic E-state index is -0.526. The molecular formula is C26H34ClN3O5. The lowest BCUT2D eigenvalue weighted by Crippen LogP contribution is -2.50. The summed E-state index contributed by atoms with van der Waals surface area (Å²) in [4.78, 5) is 52.8. The molecule has 0 aromatic heterocycles. The minimum absolute atomic E-state index is 0.0849. The van der Waals surface area contributed by atoms with Gasteiger partial charge < -0.3 is 14.5 Å². The zero-order valence-corrected chi connectivity index (χ0v) is 21.5. The molecule has 2 saturated heterocycles. The number of hydrogen-bond donors (Lipinski definition) is 1. The number of nitrogens with one attached hydrogen (secondary N) is 1. The van der Waals surface area contributed by atoms with Crippen LogP contribution in [0.15, 0.2) is 12.1 Å². The van der Waals surface area contributed by atoms with Crippen LogP contribution in [0.1, 0.15) is 68.8 Å². The molecule has 0 radical (unpaired) electrons. The normalized spacial score (nSPS) is 23.1. The number of anilines is 1. The van der Waals surface area contributed by atoms with Gasteiger partial charge in [0, 0.05) is 50.0 Å². The number of piperidine rings is 1. The number of carbonyl (C=O) groups is 4. The van der Waals surface area contributed by atoms with Crippen molar-refractivity contribution in [2.45, 2.75) is 64.9 Å². The molecular weight excluding hydrogens is 470 g/mol. The highest BCUT2D eigenvalue weighted by atomic mass is 35.5. The fourth-order valence-electron chi connectivity index (χ4n) is 5.15. The molecule has 1 aromatic carbocycles. The van der Waals surface area contributed by atoms with Gasteiger partial charge in [-0.2, -0.15) is 0 Å². The molecule has 0 bridgehead atoms. The van der Waals surface area contributed by atoms with E-state index >= 15 is 0 Å². The Balaban J connectivity index is 1.37. The van der Waals surface area contributed by atoms with Crippen molar-refractivity contribution in [3.63, 3.8) is 0 Å². The molecule has 2 atom stereocenters. The molecule has 9 heteroatoms. The number of hydrogen-bond acceptors (Lipinski definition) is 6. The highest BCUT2D eigenvalue weighted by Crippen LogP contribution is 2.39. The quantitative estimate of drug-likeness (QED) is 0.624. The van der Waals surface area contributed by atoms with Gasteiger partial charge in [-0.3, -0.25) is 19.7 Å². The maximum atomic E-state index is 13.2. The lowest BCUT2D eigenvalue weighted by molar-refractivity contribution is -0.136. The van der Waals surface area contributed by atoms with Gasteiger partial charge in [0.15, 0.2) is 5.78 Å². The zero-order chi connectivity index (χ0) is 25.3. The second-order valence-electron chi connectivity index (χ2n) is 10.7. The number of piperazine rings is 1. The summed E-state index contributed by atoms with van der Waals surface area (Å²) >= 11 is 6.81. The summed E-state index contributed by atoms with van der Waals surface area (Å²) < 4.78 is 5.48. The van der Waals surface area contributed by atoms with Gasteiger partial charge in [0.25, 0.3) is 0 Å². The van der Waals surface area contributed by atoms with Gasteiger partial charge in [0.2, 0.25) is 11.8 Å². The number of benzene rings is 1. The molecule has 3 aliphatic rings. The van der Waals surface area contributed by atoms with E-state index in [1.807, 2.05) is 32.9 Å². The van der Waals surface area contributed by atoms with Crippen LogP contribution in [-0.4, -0.2) is 60.4 Å². The van der Waals surface area contributed by atoms with Crippen LogP contribution >= 0.6 is 11.6 Å². The van der Waals surface area contributed by atoms with Crippen LogP contribution in [0.3, 0.4) is 0 Å². The molecule has 1 aliphatic carbocycles. The van der Waals surface area contributed by atoms with E-state index in [2.05, 4.69) is 10.2 Å². The first-order chi connectivity index (χ1) is 16.5. The highest BCUT2D eigenvalue weighted by molar-refractivity contribution is 6.34. The third-order valence-electron chi connectivity index (χ3n) is 7.09.